The highest BCUT2D eigenvalue weighted by Crippen LogP contribution is 2.28. The Morgan fingerprint density at radius 2 is 1.63 bits per heavy atom. The number of Topliss-reactive ketones (excluding diaryl/α,β-unsaturated/α-hetero) is 1. The van der Waals surface area contributed by atoms with Crippen molar-refractivity contribution in [1.29, 1.82) is 0 Å². The first kappa shape index (κ1) is 12.2. The van der Waals surface area contributed by atoms with Crippen molar-refractivity contribution in [3.63, 3.8) is 0 Å². The van der Waals surface area contributed by atoms with Gasteiger partial charge < -0.3 is 0 Å². The van der Waals surface area contributed by atoms with Gasteiger partial charge in [-0.15, -0.1) is 0 Å². The summed E-state index contributed by atoms with van der Waals surface area (Å²) >= 11 is 0. The van der Waals surface area contributed by atoms with Crippen LogP contribution in [0.4, 0.5) is 0 Å². The number of hydrogen-bond acceptors (Lipinski definition) is 1. The summed E-state index contributed by atoms with van der Waals surface area (Å²) < 4.78 is 0. The highest BCUT2D eigenvalue weighted by molar-refractivity contribution is 5.98. The van der Waals surface area contributed by atoms with Crippen LogP contribution in [-0.4, -0.2) is 5.78 Å². The molecule has 0 radical (unpaired) electrons. The average molecular weight is 250 g/mol. The molecule has 0 fully saturated rings. The zero-order chi connectivity index (χ0) is 13.1. The molecule has 0 saturated carbocycles. The molecule has 96 valence electrons. The lowest BCUT2D eigenvalue weighted by Crippen LogP contribution is -2.20. The molecule has 0 bridgehead atoms. The van der Waals surface area contributed by atoms with Gasteiger partial charge in [0.1, 0.15) is 0 Å². The van der Waals surface area contributed by atoms with E-state index < -0.39 is 0 Å². The first-order chi connectivity index (χ1) is 9.33. The highest BCUT2D eigenvalue weighted by Gasteiger charge is 2.24. The molecule has 19 heavy (non-hydrogen) atoms. The number of benzene rings is 2. The minimum Gasteiger partial charge on any atom is -0.294 e. The van der Waals surface area contributed by atoms with E-state index in [2.05, 4.69) is 30.3 Å². The monoisotopic (exact) mass is 250 g/mol. The SMILES string of the molecule is O=C1CC(CCc2ccccc2)Cc2ccccc21. The normalized spacial score (nSPS) is 18.1. The van der Waals surface area contributed by atoms with Gasteiger partial charge in [0.15, 0.2) is 5.78 Å². The van der Waals surface area contributed by atoms with Crippen LogP contribution < -0.4 is 0 Å². The van der Waals surface area contributed by atoms with Crippen LogP contribution in [-0.2, 0) is 12.8 Å². The lowest BCUT2D eigenvalue weighted by atomic mass is 9.80. The molecule has 1 unspecified atom stereocenters. The minimum absolute atomic E-state index is 0.319. The Bertz CT molecular complexity index is 571. The minimum atomic E-state index is 0.319. The maximum absolute atomic E-state index is 12.1. The third-order valence-electron chi connectivity index (χ3n) is 3.98. The average Bonchev–Trinajstić information content (AvgIpc) is 2.46. The molecule has 0 N–H and O–H groups in total. The molecule has 1 aliphatic rings. The predicted molar refractivity (Wildman–Crippen MR) is 77.3 cm³/mol. The first-order valence-electron chi connectivity index (χ1n) is 6.98. The van der Waals surface area contributed by atoms with Gasteiger partial charge in [-0.25, -0.2) is 0 Å². The van der Waals surface area contributed by atoms with E-state index in [1.807, 2.05) is 24.3 Å². The zero-order valence-corrected chi connectivity index (χ0v) is 11.0. The summed E-state index contributed by atoms with van der Waals surface area (Å²) in [4.78, 5) is 12.1. The molecule has 3 rings (SSSR count). The van der Waals surface area contributed by atoms with E-state index in [9.17, 15) is 4.79 Å². The lowest BCUT2D eigenvalue weighted by molar-refractivity contribution is 0.0946. The Labute approximate surface area is 114 Å². The summed E-state index contributed by atoms with van der Waals surface area (Å²) in [5.41, 5.74) is 3.55. The number of ketones is 1. The number of fused-ring (bicyclic) bond motifs is 1. The first-order valence-corrected chi connectivity index (χ1v) is 6.98. The summed E-state index contributed by atoms with van der Waals surface area (Å²) in [6.45, 7) is 0. The lowest BCUT2D eigenvalue weighted by Gasteiger charge is -2.23. The molecule has 0 heterocycles. The summed E-state index contributed by atoms with van der Waals surface area (Å²) in [7, 11) is 0. The summed E-state index contributed by atoms with van der Waals surface area (Å²) in [5, 5.41) is 0. The van der Waals surface area contributed by atoms with Gasteiger partial charge in [0.2, 0.25) is 0 Å². The van der Waals surface area contributed by atoms with Crippen LogP contribution in [0.25, 0.3) is 0 Å². The molecule has 1 heteroatoms. The zero-order valence-electron chi connectivity index (χ0n) is 11.0. The molecule has 0 saturated heterocycles. The van der Waals surface area contributed by atoms with Crippen molar-refractivity contribution in [2.75, 3.05) is 0 Å². The largest absolute Gasteiger partial charge is 0.294 e. The van der Waals surface area contributed by atoms with E-state index in [-0.39, 0.29) is 0 Å². The second-order valence-corrected chi connectivity index (χ2v) is 5.38. The molecular weight excluding hydrogens is 232 g/mol. The molecule has 2 aromatic rings. The molecular formula is C18H18O. The third-order valence-corrected chi connectivity index (χ3v) is 3.98. The smallest absolute Gasteiger partial charge is 0.163 e. The molecule has 0 spiro atoms. The summed E-state index contributed by atoms with van der Waals surface area (Å²) in [5.74, 6) is 0.822. The van der Waals surface area contributed by atoms with Crippen molar-refractivity contribution < 1.29 is 4.79 Å². The quantitative estimate of drug-likeness (QED) is 0.802. The standard InChI is InChI=1S/C18H18O/c19-18-13-15(11-10-14-6-2-1-3-7-14)12-16-8-4-5-9-17(16)18/h1-9,15H,10-13H2. The van der Waals surface area contributed by atoms with Gasteiger partial charge in [-0.1, -0.05) is 54.6 Å². The van der Waals surface area contributed by atoms with Crippen molar-refractivity contribution in [2.45, 2.75) is 25.7 Å². The van der Waals surface area contributed by atoms with E-state index in [0.717, 1.165) is 24.8 Å². The van der Waals surface area contributed by atoms with Gasteiger partial charge >= 0.3 is 0 Å². The molecule has 1 nitrogen and oxygen atoms in total. The Morgan fingerprint density at radius 1 is 0.895 bits per heavy atom. The van der Waals surface area contributed by atoms with Crippen LogP contribution in [0.5, 0.6) is 0 Å². The third kappa shape index (κ3) is 2.76. The maximum Gasteiger partial charge on any atom is 0.163 e. The predicted octanol–water partition coefficient (Wildman–Crippen LogP) is 4.06. The van der Waals surface area contributed by atoms with Gasteiger partial charge in [-0.05, 0) is 36.3 Å². The fourth-order valence-electron chi connectivity index (χ4n) is 2.95. The van der Waals surface area contributed by atoms with E-state index in [0.29, 0.717) is 18.1 Å². The van der Waals surface area contributed by atoms with Crippen molar-refractivity contribution in [2.24, 2.45) is 5.92 Å². The fourth-order valence-corrected chi connectivity index (χ4v) is 2.95. The van der Waals surface area contributed by atoms with Gasteiger partial charge in [-0.2, -0.15) is 0 Å². The number of carbonyl (C=O) groups excluding carboxylic acids is 1. The van der Waals surface area contributed by atoms with Gasteiger partial charge in [-0.3, -0.25) is 4.79 Å². The molecule has 2 aromatic carbocycles. The Morgan fingerprint density at radius 3 is 2.47 bits per heavy atom. The van der Waals surface area contributed by atoms with E-state index >= 15 is 0 Å². The van der Waals surface area contributed by atoms with Crippen LogP contribution in [0.1, 0.15) is 34.3 Å². The molecule has 0 aromatic heterocycles. The van der Waals surface area contributed by atoms with Crippen LogP contribution in [0, 0.1) is 5.92 Å². The summed E-state index contributed by atoms with van der Waals surface area (Å²) in [6, 6.07) is 18.6. The maximum atomic E-state index is 12.1. The Hall–Kier alpha value is -1.89. The van der Waals surface area contributed by atoms with Gasteiger partial charge in [0.25, 0.3) is 0 Å². The van der Waals surface area contributed by atoms with Crippen LogP contribution in [0.3, 0.4) is 0 Å². The van der Waals surface area contributed by atoms with Crippen LogP contribution in [0.2, 0.25) is 0 Å². The molecule has 0 amide bonds. The summed E-state index contributed by atoms with van der Waals surface area (Å²) in [6.07, 6.45) is 3.93. The van der Waals surface area contributed by atoms with E-state index in [4.69, 9.17) is 0 Å². The molecule has 1 aliphatic carbocycles. The highest BCUT2D eigenvalue weighted by atomic mass is 16.1. The Kier molecular flexibility index (Phi) is 3.45. The fraction of sp³-hybridized carbons (Fsp3) is 0.278. The molecule has 0 aliphatic heterocycles. The van der Waals surface area contributed by atoms with Gasteiger partial charge in [0.05, 0.1) is 0 Å². The number of carbonyl (C=O) groups is 1. The number of hydrogen-bond donors (Lipinski definition) is 0. The van der Waals surface area contributed by atoms with Crippen molar-refractivity contribution >= 4 is 5.78 Å². The van der Waals surface area contributed by atoms with E-state index in [1.54, 1.807) is 0 Å². The topological polar surface area (TPSA) is 17.1 Å². The van der Waals surface area contributed by atoms with Crippen molar-refractivity contribution in [3.05, 3.63) is 71.3 Å². The Balaban J connectivity index is 1.67. The second-order valence-electron chi connectivity index (χ2n) is 5.38. The van der Waals surface area contributed by atoms with Crippen LogP contribution >= 0.6 is 0 Å². The van der Waals surface area contributed by atoms with Crippen LogP contribution in [0.15, 0.2) is 54.6 Å². The van der Waals surface area contributed by atoms with Gasteiger partial charge in [0, 0.05) is 12.0 Å². The van der Waals surface area contributed by atoms with Crippen molar-refractivity contribution in [3.8, 4) is 0 Å². The van der Waals surface area contributed by atoms with E-state index in [1.165, 1.54) is 11.1 Å². The number of rotatable bonds is 3. The molecule has 1 atom stereocenters. The second kappa shape index (κ2) is 5.40. The van der Waals surface area contributed by atoms with Crippen molar-refractivity contribution in [1.82, 2.24) is 0 Å². The number of aryl methyl sites for hydroxylation is 1.